The average Bonchev–Trinajstić information content (AvgIpc) is 2.07. The standard InChI is InChI=1S/C8H7N3O/c9-7-2-1-5-8(11-7)6(12)3-4-10-5/h1-4H,(H2,9,11)(H,10,12). The smallest absolute Gasteiger partial charge is 0.207 e. The molecule has 0 amide bonds. The Labute approximate surface area is 68.1 Å². The Morgan fingerprint density at radius 2 is 2.17 bits per heavy atom. The van der Waals surface area contributed by atoms with Crippen LogP contribution in [-0.2, 0) is 0 Å². The molecule has 4 heteroatoms. The Morgan fingerprint density at radius 1 is 1.33 bits per heavy atom. The second kappa shape index (κ2) is 2.34. The van der Waals surface area contributed by atoms with Crippen molar-refractivity contribution in [1.29, 1.82) is 0 Å². The molecule has 0 aliphatic heterocycles. The van der Waals surface area contributed by atoms with Gasteiger partial charge in [-0.05, 0) is 12.1 Å². The van der Waals surface area contributed by atoms with Gasteiger partial charge < -0.3 is 10.7 Å². The van der Waals surface area contributed by atoms with Gasteiger partial charge in [-0.3, -0.25) is 4.79 Å². The second-order valence-electron chi connectivity index (χ2n) is 2.47. The predicted molar refractivity (Wildman–Crippen MR) is 46.8 cm³/mol. The number of pyridine rings is 2. The first-order valence-corrected chi connectivity index (χ1v) is 3.51. The maximum Gasteiger partial charge on any atom is 0.207 e. The monoisotopic (exact) mass is 161 g/mol. The number of hydrogen-bond donors (Lipinski definition) is 2. The number of rotatable bonds is 0. The van der Waals surface area contributed by atoms with Crippen molar-refractivity contribution in [1.82, 2.24) is 9.97 Å². The molecule has 0 aliphatic rings. The van der Waals surface area contributed by atoms with Crippen molar-refractivity contribution >= 4 is 16.9 Å². The molecule has 4 nitrogen and oxygen atoms in total. The van der Waals surface area contributed by atoms with Gasteiger partial charge in [0.25, 0.3) is 0 Å². The fourth-order valence-corrected chi connectivity index (χ4v) is 1.06. The Hall–Kier alpha value is -1.84. The van der Waals surface area contributed by atoms with E-state index in [0.29, 0.717) is 16.9 Å². The number of nitrogen functional groups attached to an aromatic ring is 1. The van der Waals surface area contributed by atoms with Crippen LogP contribution in [0.4, 0.5) is 5.82 Å². The molecular formula is C8H7N3O. The molecule has 0 aliphatic carbocycles. The van der Waals surface area contributed by atoms with Crippen LogP contribution in [0.1, 0.15) is 0 Å². The van der Waals surface area contributed by atoms with Crippen LogP contribution in [0.3, 0.4) is 0 Å². The van der Waals surface area contributed by atoms with Gasteiger partial charge >= 0.3 is 0 Å². The molecule has 12 heavy (non-hydrogen) atoms. The second-order valence-corrected chi connectivity index (χ2v) is 2.47. The van der Waals surface area contributed by atoms with Gasteiger partial charge in [-0.15, -0.1) is 0 Å². The highest BCUT2D eigenvalue weighted by Gasteiger charge is 1.97. The molecule has 0 atom stereocenters. The Bertz CT molecular complexity index is 475. The summed E-state index contributed by atoms with van der Waals surface area (Å²) in [6.45, 7) is 0. The van der Waals surface area contributed by atoms with Gasteiger partial charge in [0.05, 0.1) is 5.52 Å². The van der Waals surface area contributed by atoms with E-state index >= 15 is 0 Å². The van der Waals surface area contributed by atoms with Gasteiger partial charge in [-0.25, -0.2) is 4.98 Å². The minimum absolute atomic E-state index is 0.115. The van der Waals surface area contributed by atoms with Crippen LogP contribution in [0, 0.1) is 0 Å². The number of aromatic nitrogens is 2. The highest BCUT2D eigenvalue weighted by molar-refractivity contribution is 5.75. The third-order valence-corrected chi connectivity index (χ3v) is 1.62. The predicted octanol–water partition coefficient (Wildman–Crippen LogP) is 0.505. The van der Waals surface area contributed by atoms with Crippen molar-refractivity contribution in [3.63, 3.8) is 0 Å². The molecule has 3 N–H and O–H groups in total. The van der Waals surface area contributed by atoms with Gasteiger partial charge in [0.2, 0.25) is 5.43 Å². The van der Waals surface area contributed by atoms with Gasteiger partial charge in [-0.1, -0.05) is 0 Å². The lowest BCUT2D eigenvalue weighted by Gasteiger charge is -1.95. The summed E-state index contributed by atoms with van der Waals surface area (Å²) in [5.41, 5.74) is 6.41. The summed E-state index contributed by atoms with van der Waals surface area (Å²) >= 11 is 0. The molecule has 0 aromatic carbocycles. The third kappa shape index (κ3) is 0.934. The summed E-state index contributed by atoms with van der Waals surface area (Å²) in [6.07, 6.45) is 1.59. The first-order valence-electron chi connectivity index (χ1n) is 3.51. The van der Waals surface area contributed by atoms with Crippen LogP contribution < -0.4 is 11.2 Å². The number of H-pyrrole nitrogens is 1. The van der Waals surface area contributed by atoms with Crippen LogP contribution in [-0.4, -0.2) is 9.97 Å². The van der Waals surface area contributed by atoms with Crippen molar-refractivity contribution < 1.29 is 0 Å². The van der Waals surface area contributed by atoms with Gasteiger partial charge in [0.1, 0.15) is 11.3 Å². The summed E-state index contributed by atoms with van der Waals surface area (Å²) in [7, 11) is 0. The number of nitrogens with zero attached hydrogens (tertiary/aromatic N) is 1. The summed E-state index contributed by atoms with van der Waals surface area (Å²) in [5.74, 6) is 0.360. The van der Waals surface area contributed by atoms with E-state index < -0.39 is 0 Å². The quantitative estimate of drug-likeness (QED) is 0.591. The van der Waals surface area contributed by atoms with E-state index in [0.717, 1.165) is 0 Å². The number of nitrogens with one attached hydrogen (secondary N) is 1. The number of anilines is 1. The number of fused-ring (bicyclic) bond motifs is 1. The minimum Gasteiger partial charge on any atom is -0.384 e. The zero-order valence-corrected chi connectivity index (χ0v) is 6.24. The van der Waals surface area contributed by atoms with Crippen LogP contribution in [0.2, 0.25) is 0 Å². The first kappa shape index (κ1) is 6.84. The van der Waals surface area contributed by atoms with Crippen molar-refractivity contribution in [3.8, 4) is 0 Å². The molecule has 2 aromatic rings. The Kier molecular flexibility index (Phi) is 1.33. The number of aromatic amines is 1. The zero-order chi connectivity index (χ0) is 8.55. The van der Waals surface area contributed by atoms with Crippen LogP contribution in [0.25, 0.3) is 11.0 Å². The summed E-state index contributed by atoms with van der Waals surface area (Å²) < 4.78 is 0. The SMILES string of the molecule is Nc1ccc2[nH]ccc(=O)c2n1. The molecule has 0 saturated heterocycles. The van der Waals surface area contributed by atoms with E-state index in [1.165, 1.54) is 6.07 Å². The maximum absolute atomic E-state index is 11.2. The van der Waals surface area contributed by atoms with E-state index in [1.807, 2.05) is 0 Å². The van der Waals surface area contributed by atoms with Gasteiger partial charge in [0, 0.05) is 12.3 Å². The lowest BCUT2D eigenvalue weighted by atomic mass is 10.3. The number of hydrogen-bond acceptors (Lipinski definition) is 3. The molecule has 0 radical (unpaired) electrons. The molecule has 0 bridgehead atoms. The fourth-order valence-electron chi connectivity index (χ4n) is 1.06. The van der Waals surface area contributed by atoms with Crippen LogP contribution >= 0.6 is 0 Å². The third-order valence-electron chi connectivity index (χ3n) is 1.62. The molecule has 2 rings (SSSR count). The summed E-state index contributed by atoms with van der Waals surface area (Å²) in [4.78, 5) is 18.0. The normalized spacial score (nSPS) is 10.3. The Balaban J connectivity index is 2.98. The Morgan fingerprint density at radius 3 is 3.00 bits per heavy atom. The molecule has 2 heterocycles. The summed E-state index contributed by atoms with van der Waals surface area (Å²) in [5, 5.41) is 0. The summed E-state index contributed by atoms with van der Waals surface area (Å²) in [6, 6.07) is 4.81. The highest BCUT2D eigenvalue weighted by atomic mass is 16.1. The van der Waals surface area contributed by atoms with Crippen LogP contribution in [0.5, 0.6) is 0 Å². The van der Waals surface area contributed by atoms with E-state index in [1.54, 1.807) is 18.3 Å². The number of nitrogens with two attached hydrogens (primary N) is 1. The molecule has 0 unspecified atom stereocenters. The average molecular weight is 161 g/mol. The van der Waals surface area contributed by atoms with Gasteiger partial charge in [0.15, 0.2) is 0 Å². The highest BCUT2D eigenvalue weighted by Crippen LogP contribution is 2.05. The minimum atomic E-state index is -0.115. The first-order chi connectivity index (χ1) is 5.77. The largest absolute Gasteiger partial charge is 0.384 e. The molecule has 60 valence electrons. The lowest BCUT2D eigenvalue weighted by Crippen LogP contribution is -2.03. The molecule has 0 spiro atoms. The maximum atomic E-state index is 11.2. The van der Waals surface area contributed by atoms with E-state index in [4.69, 9.17) is 5.73 Å². The van der Waals surface area contributed by atoms with E-state index in [2.05, 4.69) is 9.97 Å². The fraction of sp³-hybridized carbons (Fsp3) is 0. The van der Waals surface area contributed by atoms with Crippen LogP contribution in [0.15, 0.2) is 29.2 Å². The van der Waals surface area contributed by atoms with E-state index in [9.17, 15) is 4.79 Å². The lowest BCUT2D eigenvalue weighted by molar-refractivity contribution is 1.32. The van der Waals surface area contributed by atoms with Crippen molar-refractivity contribution in [2.75, 3.05) is 5.73 Å². The zero-order valence-electron chi connectivity index (χ0n) is 6.24. The molecule has 0 fully saturated rings. The molecular weight excluding hydrogens is 154 g/mol. The van der Waals surface area contributed by atoms with E-state index in [-0.39, 0.29) is 5.43 Å². The van der Waals surface area contributed by atoms with Crippen molar-refractivity contribution in [2.24, 2.45) is 0 Å². The molecule has 0 saturated carbocycles. The topological polar surface area (TPSA) is 71.8 Å². The van der Waals surface area contributed by atoms with Crippen molar-refractivity contribution in [3.05, 3.63) is 34.6 Å². The van der Waals surface area contributed by atoms with Gasteiger partial charge in [-0.2, -0.15) is 0 Å². The van der Waals surface area contributed by atoms with Crippen molar-refractivity contribution in [2.45, 2.75) is 0 Å². The molecule has 2 aromatic heterocycles.